The van der Waals surface area contributed by atoms with E-state index in [0.29, 0.717) is 16.3 Å². The van der Waals surface area contributed by atoms with Crippen molar-refractivity contribution >= 4 is 29.0 Å². The lowest BCUT2D eigenvalue weighted by Crippen LogP contribution is -2.60. The van der Waals surface area contributed by atoms with Gasteiger partial charge >= 0.3 is 11.9 Å². The van der Waals surface area contributed by atoms with Gasteiger partial charge in [-0.25, -0.2) is 9.78 Å². The number of ether oxygens (including phenoxy) is 2. The van der Waals surface area contributed by atoms with Crippen LogP contribution in [0.3, 0.4) is 0 Å². The van der Waals surface area contributed by atoms with Crippen LogP contribution in [-0.4, -0.2) is 41.1 Å². The maximum atomic E-state index is 13.6. The zero-order valence-electron chi connectivity index (χ0n) is 21.6. The Morgan fingerprint density at radius 2 is 1.84 bits per heavy atom. The summed E-state index contributed by atoms with van der Waals surface area (Å²) in [5.41, 5.74) is 2.76. The normalized spacial score (nSPS) is 20.9. The average molecular weight is 536 g/mol. The Morgan fingerprint density at radius 1 is 1.13 bits per heavy atom. The standard InChI is InChI=1S/C22H26N2O4S.C6H3NO2/c1-5-27-20(25)17-14(3)24-15(4)22(21(26)28-6-2,16-10-8-7-9-11-16)18(17)19-23-12-13-29-19;8-7(9)6-2-1-4-3-5(4)6/h7-13,15,18,24H,5-6H2,1-4H3;1-3H. The largest absolute Gasteiger partial charge is 0.465 e. The molecule has 0 bridgehead atoms. The molecule has 3 aliphatic rings. The van der Waals surface area contributed by atoms with Gasteiger partial charge in [-0.05, 0) is 51.0 Å². The van der Waals surface area contributed by atoms with Gasteiger partial charge < -0.3 is 14.8 Å². The molecule has 0 saturated heterocycles. The summed E-state index contributed by atoms with van der Waals surface area (Å²) < 4.78 is 11.0. The summed E-state index contributed by atoms with van der Waals surface area (Å²) in [7, 11) is 0. The van der Waals surface area contributed by atoms with Crippen molar-refractivity contribution < 1.29 is 24.0 Å². The molecule has 38 heavy (non-hydrogen) atoms. The predicted molar refractivity (Wildman–Crippen MR) is 144 cm³/mol. The Morgan fingerprint density at radius 3 is 2.34 bits per heavy atom. The molecule has 0 radical (unpaired) electrons. The monoisotopic (exact) mass is 535 g/mol. The predicted octanol–water partition coefficient (Wildman–Crippen LogP) is 5.13. The Bertz CT molecular complexity index is 1370. The van der Waals surface area contributed by atoms with E-state index in [2.05, 4.69) is 10.3 Å². The number of carbonyl (C=O) groups excluding carboxylic acids is 2. The number of thiazole rings is 1. The van der Waals surface area contributed by atoms with Gasteiger partial charge in [0.15, 0.2) is 0 Å². The van der Waals surface area contributed by atoms with Crippen molar-refractivity contribution in [2.45, 2.75) is 45.1 Å². The SMILES string of the molecule is CCOC(=O)C1=C(C)NC(C)C(C(=O)OCC)(c2ccccc2)C1c1nccs1.O=[N+]([O-])c1ccc2cc1-2. The number of hydrogen-bond donors (Lipinski definition) is 1. The van der Waals surface area contributed by atoms with E-state index in [9.17, 15) is 19.7 Å². The number of allylic oxidation sites excluding steroid dienone is 1. The molecule has 5 rings (SSSR count). The molecule has 1 aromatic heterocycles. The molecule has 198 valence electrons. The summed E-state index contributed by atoms with van der Waals surface area (Å²) in [4.78, 5) is 40.9. The summed E-state index contributed by atoms with van der Waals surface area (Å²) in [6.07, 6.45) is 1.69. The van der Waals surface area contributed by atoms with E-state index in [1.54, 1.807) is 32.2 Å². The van der Waals surface area contributed by atoms with Crippen LogP contribution in [0.5, 0.6) is 0 Å². The van der Waals surface area contributed by atoms with Crippen molar-refractivity contribution in [3.8, 4) is 11.1 Å². The zero-order chi connectivity index (χ0) is 27.4. The highest BCUT2D eigenvalue weighted by atomic mass is 32.1. The lowest BCUT2D eigenvalue weighted by molar-refractivity contribution is -0.383. The van der Waals surface area contributed by atoms with E-state index in [1.807, 2.05) is 49.6 Å². The highest BCUT2D eigenvalue weighted by molar-refractivity contribution is 7.09. The average Bonchev–Trinajstić information content (AvgIpc) is 3.27. The van der Waals surface area contributed by atoms with Crippen molar-refractivity contribution in [1.29, 1.82) is 0 Å². The van der Waals surface area contributed by atoms with Crippen LogP contribution in [0.4, 0.5) is 5.69 Å². The molecule has 3 unspecified atom stereocenters. The lowest BCUT2D eigenvalue weighted by atomic mass is 9.61. The first-order valence-corrected chi connectivity index (χ1v) is 13.2. The van der Waals surface area contributed by atoms with Gasteiger partial charge in [-0.3, -0.25) is 14.9 Å². The molecule has 0 spiro atoms. The van der Waals surface area contributed by atoms with Crippen LogP contribution in [0.15, 0.2) is 71.4 Å². The van der Waals surface area contributed by atoms with Crippen LogP contribution < -0.4 is 5.32 Å². The fourth-order valence-electron chi connectivity index (χ4n) is 5.08. The van der Waals surface area contributed by atoms with E-state index in [4.69, 9.17) is 9.47 Å². The quantitative estimate of drug-likeness (QED) is 0.196. The fourth-order valence-corrected chi connectivity index (χ4v) is 5.90. The Kier molecular flexibility index (Phi) is 7.91. The van der Waals surface area contributed by atoms with Crippen LogP contribution in [0.25, 0.3) is 11.1 Å². The van der Waals surface area contributed by atoms with Crippen LogP contribution in [0.1, 0.15) is 44.2 Å². The highest BCUT2D eigenvalue weighted by Crippen LogP contribution is 2.51. The molecule has 0 saturated carbocycles. The molecule has 10 heteroatoms. The number of esters is 2. The van der Waals surface area contributed by atoms with Crippen molar-refractivity contribution in [3.63, 3.8) is 0 Å². The van der Waals surface area contributed by atoms with Crippen molar-refractivity contribution in [2.24, 2.45) is 0 Å². The minimum Gasteiger partial charge on any atom is -0.465 e. The molecule has 2 aliphatic carbocycles. The maximum absolute atomic E-state index is 13.6. The second-order valence-electron chi connectivity index (χ2n) is 8.87. The number of aromatic nitrogens is 1. The number of nitro benzene ring substituents is 1. The third-order valence-corrected chi connectivity index (χ3v) is 7.58. The molecule has 1 aromatic carbocycles. The van der Waals surface area contributed by atoms with Crippen molar-refractivity contribution in [2.75, 3.05) is 13.2 Å². The summed E-state index contributed by atoms with van der Waals surface area (Å²) in [5.74, 6) is -1.46. The minimum absolute atomic E-state index is 0.238. The van der Waals surface area contributed by atoms with Crippen LogP contribution >= 0.6 is 11.3 Å². The first-order valence-electron chi connectivity index (χ1n) is 12.3. The zero-order valence-corrected chi connectivity index (χ0v) is 22.4. The molecule has 2 heterocycles. The number of nitrogens with zero attached hydrogens (tertiary/aromatic N) is 2. The third-order valence-electron chi connectivity index (χ3n) is 6.74. The lowest BCUT2D eigenvalue weighted by Gasteiger charge is -2.47. The van der Waals surface area contributed by atoms with Crippen molar-refractivity contribution in [3.05, 3.63) is 92.1 Å². The summed E-state index contributed by atoms with van der Waals surface area (Å²) in [6.45, 7) is 7.80. The van der Waals surface area contributed by atoms with Gasteiger partial charge in [-0.2, -0.15) is 0 Å². The number of rotatable bonds is 7. The van der Waals surface area contributed by atoms with E-state index in [-0.39, 0.29) is 35.8 Å². The molecule has 0 fully saturated rings. The van der Waals surface area contributed by atoms with Gasteiger partial charge in [0, 0.05) is 29.4 Å². The number of carbonyl (C=O) groups is 2. The van der Waals surface area contributed by atoms with E-state index in [0.717, 1.165) is 16.7 Å². The molecule has 2 aromatic rings. The van der Waals surface area contributed by atoms with Crippen LogP contribution in [0, 0.1) is 10.1 Å². The van der Waals surface area contributed by atoms with Gasteiger partial charge in [0.25, 0.3) is 5.69 Å². The number of hydrogen-bond acceptors (Lipinski definition) is 9. The number of nitrogens with one attached hydrogen (secondary N) is 1. The molecule has 9 nitrogen and oxygen atoms in total. The smallest absolute Gasteiger partial charge is 0.336 e. The van der Waals surface area contributed by atoms with Gasteiger partial charge in [0.1, 0.15) is 10.4 Å². The highest BCUT2D eigenvalue weighted by Gasteiger charge is 2.59. The molecular formula is C28H29N3O6S. The van der Waals surface area contributed by atoms with Gasteiger partial charge in [-0.1, -0.05) is 30.3 Å². The molecular weight excluding hydrogens is 506 g/mol. The Balaban J connectivity index is 0.000000311. The van der Waals surface area contributed by atoms with Crippen LogP contribution in [-0.2, 0) is 24.5 Å². The number of benzene rings is 2. The first-order chi connectivity index (χ1) is 18.3. The maximum Gasteiger partial charge on any atom is 0.336 e. The minimum atomic E-state index is -1.17. The summed E-state index contributed by atoms with van der Waals surface area (Å²) in [6, 6.07) is 14.2. The Hall–Kier alpha value is -4.05. The summed E-state index contributed by atoms with van der Waals surface area (Å²) in [5, 5.41) is 16.0. The van der Waals surface area contributed by atoms with Gasteiger partial charge in [-0.15, -0.1) is 11.3 Å². The topological polar surface area (TPSA) is 121 Å². The fraction of sp³-hybridized carbons (Fsp3) is 0.321. The van der Waals surface area contributed by atoms with Gasteiger partial charge in [0.05, 0.1) is 35.2 Å². The van der Waals surface area contributed by atoms with E-state index >= 15 is 0 Å². The number of nitro groups is 1. The van der Waals surface area contributed by atoms with Crippen molar-refractivity contribution in [1.82, 2.24) is 10.3 Å². The first kappa shape index (κ1) is 27.0. The molecule has 0 amide bonds. The van der Waals surface area contributed by atoms with E-state index in [1.165, 1.54) is 17.4 Å². The Labute approximate surface area is 224 Å². The summed E-state index contributed by atoms with van der Waals surface area (Å²) >= 11 is 1.42. The molecule has 1 aliphatic heterocycles. The second kappa shape index (κ2) is 11.1. The second-order valence-corrected chi connectivity index (χ2v) is 9.80. The molecule has 3 atom stereocenters. The molecule has 1 N–H and O–H groups in total. The van der Waals surface area contributed by atoms with Crippen LogP contribution in [0.2, 0.25) is 0 Å². The van der Waals surface area contributed by atoms with E-state index < -0.39 is 17.3 Å². The number of fused-ring (bicyclic) bond motifs is 1. The van der Waals surface area contributed by atoms with Gasteiger partial charge in [0.2, 0.25) is 0 Å². The third kappa shape index (κ3) is 4.79.